The number of hydrogen-bond acceptors (Lipinski definition) is 6. The smallest absolute Gasteiger partial charge is 0.336 e. The maximum Gasteiger partial charge on any atom is 0.336 e. The third-order valence-corrected chi connectivity index (χ3v) is 5.83. The molecule has 1 N–H and O–H groups in total. The molecule has 0 bridgehead atoms. The summed E-state index contributed by atoms with van der Waals surface area (Å²) >= 11 is 1.12. The summed E-state index contributed by atoms with van der Waals surface area (Å²) in [6.07, 6.45) is 3.00. The molecule has 0 spiro atoms. The topological polar surface area (TPSA) is 97.3 Å². The van der Waals surface area contributed by atoms with Crippen LogP contribution in [-0.4, -0.2) is 39.5 Å². The van der Waals surface area contributed by atoms with Crippen LogP contribution in [0, 0.1) is 6.92 Å². The van der Waals surface area contributed by atoms with Gasteiger partial charge in [0.15, 0.2) is 0 Å². The maximum atomic E-state index is 12.9. The van der Waals surface area contributed by atoms with Crippen molar-refractivity contribution >= 4 is 34.0 Å². The van der Waals surface area contributed by atoms with Gasteiger partial charge >= 0.3 is 5.69 Å². The van der Waals surface area contributed by atoms with Crippen LogP contribution in [-0.2, 0) is 6.54 Å². The largest absolute Gasteiger partial charge is 0.346 e. The van der Waals surface area contributed by atoms with Crippen LogP contribution in [0.5, 0.6) is 0 Å². The number of nitrogens with one attached hydrogen (secondary N) is 1. The third-order valence-electron chi connectivity index (χ3n) is 4.62. The predicted octanol–water partition coefficient (Wildman–Crippen LogP) is 1.48. The average molecular weight is 409 g/mol. The normalized spacial score (nSPS) is 15.7. The van der Waals surface area contributed by atoms with Gasteiger partial charge in [0.2, 0.25) is 0 Å². The van der Waals surface area contributed by atoms with Gasteiger partial charge in [-0.3, -0.25) is 28.5 Å². The Morgan fingerprint density at radius 1 is 1.24 bits per heavy atom. The number of aliphatic imine (C=N–C) groups is 2. The van der Waals surface area contributed by atoms with Crippen LogP contribution in [0.15, 0.2) is 56.1 Å². The molecule has 2 aromatic heterocycles. The van der Waals surface area contributed by atoms with Crippen molar-refractivity contribution in [3.63, 3.8) is 0 Å². The second-order valence-corrected chi connectivity index (χ2v) is 7.80. The quantitative estimate of drug-likeness (QED) is 0.691. The molecule has 1 aliphatic heterocycles. The van der Waals surface area contributed by atoms with E-state index in [2.05, 4.69) is 15.3 Å². The van der Waals surface area contributed by atoms with Crippen LogP contribution in [0.3, 0.4) is 0 Å². The molecule has 0 aliphatic carbocycles. The minimum absolute atomic E-state index is 0.122. The Morgan fingerprint density at radius 3 is 2.69 bits per heavy atom. The average Bonchev–Trinajstić information content (AvgIpc) is 3.35. The van der Waals surface area contributed by atoms with E-state index in [1.165, 1.54) is 15.2 Å². The summed E-state index contributed by atoms with van der Waals surface area (Å²) in [6, 6.07) is 9.31. The number of aryl methyl sites for hydroxylation is 1. The summed E-state index contributed by atoms with van der Waals surface area (Å²) in [5.41, 5.74) is 1.18. The summed E-state index contributed by atoms with van der Waals surface area (Å²) in [5, 5.41) is 2.78. The van der Waals surface area contributed by atoms with Gasteiger partial charge in [-0.1, -0.05) is 30.3 Å². The summed E-state index contributed by atoms with van der Waals surface area (Å²) < 4.78 is 2.56. The van der Waals surface area contributed by atoms with Crippen LogP contribution in [0.4, 0.5) is 0 Å². The van der Waals surface area contributed by atoms with Crippen LogP contribution in [0.25, 0.3) is 4.83 Å². The molecular weight excluding hydrogens is 390 g/mol. The first-order valence-electron chi connectivity index (χ1n) is 9.11. The Balaban J connectivity index is 1.66. The summed E-state index contributed by atoms with van der Waals surface area (Å²) in [7, 11) is 0. The lowest BCUT2D eigenvalue weighted by Crippen LogP contribution is -2.38. The monoisotopic (exact) mass is 409 g/mol. The first kappa shape index (κ1) is 19.0. The molecule has 1 aliphatic rings. The van der Waals surface area contributed by atoms with E-state index in [9.17, 15) is 14.4 Å². The Morgan fingerprint density at radius 2 is 2.00 bits per heavy atom. The van der Waals surface area contributed by atoms with Crippen molar-refractivity contribution < 1.29 is 4.79 Å². The van der Waals surface area contributed by atoms with Gasteiger partial charge < -0.3 is 5.32 Å². The van der Waals surface area contributed by atoms with Crippen molar-refractivity contribution in [2.75, 3.05) is 6.54 Å². The van der Waals surface area contributed by atoms with Gasteiger partial charge in [0.25, 0.3) is 11.5 Å². The van der Waals surface area contributed by atoms with Crippen LogP contribution in [0.1, 0.15) is 27.7 Å². The van der Waals surface area contributed by atoms with Gasteiger partial charge in [0.1, 0.15) is 15.9 Å². The van der Waals surface area contributed by atoms with Gasteiger partial charge in [0, 0.05) is 18.0 Å². The number of carbonyl (C=O) groups is 1. The first-order valence-corrected chi connectivity index (χ1v) is 9.93. The minimum atomic E-state index is -0.462. The molecule has 3 heterocycles. The van der Waals surface area contributed by atoms with Gasteiger partial charge in [-0.2, -0.15) is 0 Å². The third kappa shape index (κ3) is 3.68. The highest BCUT2D eigenvalue weighted by molar-refractivity contribution is 7.19. The van der Waals surface area contributed by atoms with Gasteiger partial charge in [-0.25, -0.2) is 4.79 Å². The van der Waals surface area contributed by atoms with E-state index in [-0.39, 0.29) is 30.7 Å². The fourth-order valence-corrected chi connectivity index (χ4v) is 4.13. The number of rotatable bonds is 5. The molecule has 1 atom stereocenters. The second-order valence-electron chi connectivity index (χ2n) is 6.77. The molecule has 0 radical (unpaired) electrons. The number of benzene rings is 1. The Labute approximate surface area is 169 Å². The highest BCUT2D eigenvalue weighted by Crippen LogP contribution is 2.18. The van der Waals surface area contributed by atoms with Crippen molar-refractivity contribution in [1.29, 1.82) is 0 Å². The number of nitrogens with zero attached hydrogens (tertiary/aromatic N) is 4. The van der Waals surface area contributed by atoms with Crippen LogP contribution in [0.2, 0.25) is 0 Å². The standard InChI is InChI=1S/C20H19N5O3S/c1-12-18(27)24(10-14-6-4-3-5-7-14)20(28)25-11-16(29-19(12)25)17(26)22-9-15-8-21-13(2)23-15/h3-8,11,13H,9-10H2,1-2H3,(H,22,26). The summed E-state index contributed by atoms with van der Waals surface area (Å²) in [6.45, 7) is 3.96. The van der Waals surface area contributed by atoms with Gasteiger partial charge in [-0.05, 0) is 19.4 Å². The van der Waals surface area contributed by atoms with Crippen molar-refractivity contribution in [2.45, 2.75) is 26.6 Å². The highest BCUT2D eigenvalue weighted by Gasteiger charge is 2.18. The second kappa shape index (κ2) is 7.59. The van der Waals surface area contributed by atoms with Crippen LogP contribution >= 0.6 is 11.3 Å². The molecule has 0 fully saturated rings. The van der Waals surface area contributed by atoms with E-state index in [0.717, 1.165) is 16.9 Å². The number of thiazole rings is 1. The first-order chi connectivity index (χ1) is 13.9. The van der Waals surface area contributed by atoms with Crippen molar-refractivity contribution in [3.8, 4) is 0 Å². The molecule has 8 nitrogen and oxygen atoms in total. The maximum absolute atomic E-state index is 12.9. The Bertz CT molecular complexity index is 1270. The highest BCUT2D eigenvalue weighted by atomic mass is 32.1. The van der Waals surface area contributed by atoms with E-state index in [1.807, 2.05) is 37.3 Å². The lowest BCUT2D eigenvalue weighted by Gasteiger charge is -2.07. The van der Waals surface area contributed by atoms with E-state index >= 15 is 0 Å². The Kier molecular flexibility index (Phi) is 4.98. The molecule has 9 heteroatoms. The van der Waals surface area contributed by atoms with E-state index in [1.54, 1.807) is 13.1 Å². The van der Waals surface area contributed by atoms with Gasteiger partial charge in [0.05, 0.1) is 18.8 Å². The molecule has 29 heavy (non-hydrogen) atoms. The molecule has 4 rings (SSSR count). The fraction of sp³-hybridized carbons (Fsp3) is 0.250. The zero-order valence-electron chi connectivity index (χ0n) is 16.0. The molecular formula is C20H19N5O3S. The van der Waals surface area contributed by atoms with Crippen LogP contribution < -0.4 is 16.6 Å². The van der Waals surface area contributed by atoms with E-state index in [0.29, 0.717) is 21.0 Å². The molecule has 1 amide bonds. The molecule has 1 aromatic carbocycles. The lowest BCUT2D eigenvalue weighted by molar-refractivity contribution is 0.0963. The van der Waals surface area contributed by atoms with Crippen molar-refractivity contribution in [1.82, 2.24) is 14.3 Å². The predicted molar refractivity (Wildman–Crippen MR) is 114 cm³/mol. The number of hydrogen-bond donors (Lipinski definition) is 1. The van der Waals surface area contributed by atoms with E-state index < -0.39 is 5.69 Å². The molecule has 0 saturated carbocycles. The molecule has 148 valence electrons. The minimum Gasteiger partial charge on any atom is -0.346 e. The zero-order chi connectivity index (χ0) is 20.5. The molecule has 3 aromatic rings. The number of fused-ring (bicyclic) bond motifs is 1. The number of amides is 1. The number of carbonyl (C=O) groups excluding carboxylic acids is 1. The van der Waals surface area contributed by atoms with Crippen molar-refractivity contribution in [3.05, 3.63) is 73.4 Å². The molecule has 0 saturated heterocycles. The zero-order valence-corrected chi connectivity index (χ0v) is 16.8. The molecule has 1 unspecified atom stereocenters. The summed E-state index contributed by atoms with van der Waals surface area (Å²) in [4.78, 5) is 47.4. The summed E-state index contributed by atoms with van der Waals surface area (Å²) in [5.74, 6) is -0.324. The lowest BCUT2D eigenvalue weighted by atomic mass is 10.2. The fourth-order valence-electron chi connectivity index (χ4n) is 3.13. The Hall–Kier alpha value is -3.33. The van der Waals surface area contributed by atoms with Crippen molar-refractivity contribution in [2.24, 2.45) is 9.98 Å². The van der Waals surface area contributed by atoms with E-state index in [4.69, 9.17) is 0 Å². The van der Waals surface area contributed by atoms with Gasteiger partial charge in [-0.15, -0.1) is 11.3 Å². The SMILES string of the molecule is Cc1c(=O)n(Cc2ccccc2)c(=O)n2cc(C(=O)NCC3=NC(C)N=C3)sc12. The number of aromatic nitrogens is 2.